The van der Waals surface area contributed by atoms with Crippen LogP contribution in [-0.2, 0) is 17.8 Å². The molecule has 5 rings (SSSR count). The zero-order valence-electron chi connectivity index (χ0n) is 19.4. The van der Waals surface area contributed by atoms with Gasteiger partial charge in [0.05, 0.1) is 10.5 Å². The maximum Gasteiger partial charge on any atom is 0.222 e. The number of aromatic nitrogens is 1. The number of carbonyl (C=O) groups is 1. The molecule has 33 heavy (non-hydrogen) atoms. The van der Waals surface area contributed by atoms with Crippen molar-refractivity contribution in [1.29, 1.82) is 0 Å². The van der Waals surface area contributed by atoms with Gasteiger partial charge in [0.25, 0.3) is 0 Å². The summed E-state index contributed by atoms with van der Waals surface area (Å²) in [4.78, 5) is 20.7. The van der Waals surface area contributed by atoms with E-state index < -0.39 is 0 Å². The second-order valence-electron chi connectivity index (χ2n) is 9.67. The fourth-order valence-electron chi connectivity index (χ4n) is 5.60. The van der Waals surface area contributed by atoms with E-state index in [0.29, 0.717) is 18.2 Å². The van der Waals surface area contributed by atoms with Crippen LogP contribution in [0.2, 0.25) is 5.02 Å². The van der Waals surface area contributed by atoms with Gasteiger partial charge in [-0.05, 0) is 80.4 Å². The van der Waals surface area contributed by atoms with Gasteiger partial charge in [-0.3, -0.25) is 4.79 Å². The van der Waals surface area contributed by atoms with Crippen molar-refractivity contribution in [2.45, 2.75) is 57.4 Å². The molecule has 174 valence electrons. The van der Waals surface area contributed by atoms with Crippen LogP contribution in [-0.4, -0.2) is 46.9 Å². The number of carbonyl (C=O) groups excluding carboxylic acids is 1. The molecule has 0 radical (unpaired) electrons. The van der Waals surface area contributed by atoms with Crippen LogP contribution in [0.25, 0.3) is 10.9 Å². The van der Waals surface area contributed by atoms with Crippen LogP contribution in [0.15, 0.2) is 48.7 Å². The van der Waals surface area contributed by atoms with Gasteiger partial charge in [0, 0.05) is 31.1 Å². The van der Waals surface area contributed by atoms with Crippen LogP contribution in [0, 0.1) is 0 Å². The monoisotopic (exact) mass is 463 g/mol. The predicted molar refractivity (Wildman–Crippen MR) is 136 cm³/mol. The van der Waals surface area contributed by atoms with E-state index in [0.717, 1.165) is 62.5 Å². The number of likely N-dealkylation sites (tertiary alicyclic amines) is 1. The van der Waals surface area contributed by atoms with Gasteiger partial charge < -0.3 is 14.8 Å². The van der Waals surface area contributed by atoms with E-state index in [9.17, 15) is 4.79 Å². The molecule has 0 atom stereocenters. The number of halogens is 1. The Morgan fingerprint density at radius 3 is 2.64 bits per heavy atom. The third-order valence-electron chi connectivity index (χ3n) is 7.57. The molecule has 4 nitrogen and oxygen atoms in total. The first-order chi connectivity index (χ1) is 16.2. The van der Waals surface area contributed by atoms with E-state index in [1.807, 2.05) is 17.0 Å². The van der Waals surface area contributed by atoms with Crippen molar-refractivity contribution < 1.29 is 4.79 Å². The molecular weight excluding hydrogens is 430 g/mol. The lowest BCUT2D eigenvalue weighted by atomic mass is 9.89. The molecule has 0 spiro atoms. The number of amides is 1. The number of unbranched alkanes of at least 4 members (excludes halogenated alkanes) is 2. The van der Waals surface area contributed by atoms with Crippen LogP contribution < -0.4 is 0 Å². The third-order valence-corrected chi connectivity index (χ3v) is 7.89. The first-order valence-corrected chi connectivity index (χ1v) is 12.9. The molecule has 0 unspecified atom stereocenters. The summed E-state index contributed by atoms with van der Waals surface area (Å²) in [6, 6.07) is 14.7. The average molecular weight is 464 g/mol. The Morgan fingerprint density at radius 2 is 1.79 bits per heavy atom. The molecule has 1 fully saturated rings. The summed E-state index contributed by atoms with van der Waals surface area (Å²) < 4.78 is 0. The highest BCUT2D eigenvalue weighted by Crippen LogP contribution is 2.35. The quantitative estimate of drug-likeness (QED) is 0.427. The first-order valence-electron chi connectivity index (χ1n) is 12.5. The second-order valence-corrected chi connectivity index (χ2v) is 10.1. The molecule has 1 N–H and O–H groups in total. The molecule has 0 bridgehead atoms. The van der Waals surface area contributed by atoms with Crippen molar-refractivity contribution in [2.24, 2.45) is 0 Å². The molecule has 1 saturated heterocycles. The second kappa shape index (κ2) is 10.3. The lowest BCUT2D eigenvalue weighted by Gasteiger charge is -2.32. The Bertz CT molecular complexity index is 1100. The van der Waals surface area contributed by atoms with Crippen molar-refractivity contribution in [2.75, 3.05) is 26.2 Å². The van der Waals surface area contributed by atoms with Crippen LogP contribution in [0.4, 0.5) is 0 Å². The number of benzene rings is 2. The molecule has 0 saturated carbocycles. The van der Waals surface area contributed by atoms with E-state index in [4.69, 9.17) is 11.6 Å². The minimum absolute atomic E-state index is 0.323. The molecule has 3 heterocycles. The summed E-state index contributed by atoms with van der Waals surface area (Å²) in [6.45, 7) is 5.12. The number of aromatic amines is 1. The summed E-state index contributed by atoms with van der Waals surface area (Å²) in [5.74, 6) is 0.935. The fourth-order valence-corrected chi connectivity index (χ4v) is 5.83. The number of H-pyrrole nitrogens is 1. The molecule has 0 aliphatic carbocycles. The highest BCUT2D eigenvalue weighted by Gasteiger charge is 2.23. The zero-order valence-corrected chi connectivity index (χ0v) is 20.1. The molecule has 1 amide bonds. The standard InChI is InChI=1S/C28H34ClN3O/c29-26-10-6-9-24-25(19-30-28(24)26)22-12-16-31(17-13-22)15-5-1-2-11-27(33)32-18-14-21-7-3-4-8-23(21)20-32/h3-4,6-10,19,22,30H,1-2,5,11-18,20H2. The van der Waals surface area contributed by atoms with Crippen molar-refractivity contribution in [3.8, 4) is 0 Å². The molecule has 2 aliphatic rings. The normalized spacial score (nSPS) is 17.4. The Hall–Kier alpha value is -2.30. The average Bonchev–Trinajstić information content (AvgIpc) is 3.29. The Morgan fingerprint density at radius 1 is 0.970 bits per heavy atom. The van der Waals surface area contributed by atoms with Gasteiger partial charge in [0.2, 0.25) is 5.91 Å². The largest absolute Gasteiger partial charge is 0.360 e. The van der Waals surface area contributed by atoms with Gasteiger partial charge in [-0.2, -0.15) is 0 Å². The summed E-state index contributed by atoms with van der Waals surface area (Å²) in [6.07, 6.45) is 9.57. The topological polar surface area (TPSA) is 39.3 Å². The van der Waals surface area contributed by atoms with E-state index in [1.54, 1.807) is 0 Å². The first kappa shape index (κ1) is 22.5. The highest BCUT2D eigenvalue weighted by molar-refractivity contribution is 6.35. The van der Waals surface area contributed by atoms with Crippen LogP contribution in [0.1, 0.15) is 61.1 Å². The number of hydrogen-bond donors (Lipinski definition) is 1. The van der Waals surface area contributed by atoms with Gasteiger partial charge in [0.15, 0.2) is 0 Å². The van der Waals surface area contributed by atoms with Gasteiger partial charge in [0.1, 0.15) is 0 Å². The number of para-hydroxylation sites is 1. The third kappa shape index (κ3) is 5.12. The number of piperidine rings is 1. The molecular formula is C28H34ClN3O. The summed E-state index contributed by atoms with van der Waals surface area (Å²) in [5, 5.41) is 2.09. The minimum atomic E-state index is 0.323. The Labute approximate surface area is 201 Å². The van der Waals surface area contributed by atoms with E-state index >= 15 is 0 Å². The van der Waals surface area contributed by atoms with Crippen molar-refractivity contribution in [3.63, 3.8) is 0 Å². The van der Waals surface area contributed by atoms with E-state index in [1.165, 1.54) is 41.3 Å². The smallest absolute Gasteiger partial charge is 0.222 e. The molecule has 5 heteroatoms. The van der Waals surface area contributed by atoms with Crippen LogP contribution >= 0.6 is 11.6 Å². The summed E-state index contributed by atoms with van der Waals surface area (Å²) in [7, 11) is 0. The van der Waals surface area contributed by atoms with Crippen LogP contribution in [0.5, 0.6) is 0 Å². The summed E-state index contributed by atoms with van der Waals surface area (Å²) in [5.41, 5.74) is 5.21. The number of hydrogen-bond acceptors (Lipinski definition) is 2. The number of rotatable bonds is 7. The predicted octanol–water partition coefficient (Wildman–Crippen LogP) is 6.15. The SMILES string of the molecule is O=C(CCCCCN1CCC(c2c[nH]c3c(Cl)cccc23)CC1)N1CCc2ccccc2C1. The summed E-state index contributed by atoms with van der Waals surface area (Å²) >= 11 is 6.34. The van der Waals surface area contributed by atoms with Gasteiger partial charge in [-0.15, -0.1) is 0 Å². The Balaban J connectivity index is 1.00. The maximum absolute atomic E-state index is 12.6. The number of nitrogens with one attached hydrogen (secondary N) is 1. The van der Waals surface area contributed by atoms with E-state index in [2.05, 4.69) is 46.4 Å². The Kier molecular flexibility index (Phi) is 7.03. The number of nitrogens with zero attached hydrogens (tertiary/aromatic N) is 2. The lowest BCUT2D eigenvalue weighted by molar-refractivity contribution is -0.132. The molecule has 2 aromatic carbocycles. The minimum Gasteiger partial charge on any atom is -0.360 e. The van der Waals surface area contributed by atoms with Gasteiger partial charge >= 0.3 is 0 Å². The highest BCUT2D eigenvalue weighted by atomic mass is 35.5. The molecule has 1 aromatic heterocycles. The van der Waals surface area contributed by atoms with Gasteiger partial charge in [-0.25, -0.2) is 0 Å². The molecule has 2 aliphatic heterocycles. The molecule has 3 aromatic rings. The fraction of sp³-hybridized carbons (Fsp3) is 0.464. The number of fused-ring (bicyclic) bond motifs is 2. The van der Waals surface area contributed by atoms with Gasteiger partial charge in [-0.1, -0.05) is 54.4 Å². The maximum atomic E-state index is 12.6. The van der Waals surface area contributed by atoms with Crippen molar-refractivity contribution >= 4 is 28.4 Å². The lowest BCUT2D eigenvalue weighted by Crippen LogP contribution is -2.35. The van der Waals surface area contributed by atoms with Crippen molar-refractivity contribution in [1.82, 2.24) is 14.8 Å². The van der Waals surface area contributed by atoms with E-state index in [-0.39, 0.29) is 0 Å². The van der Waals surface area contributed by atoms with Crippen LogP contribution in [0.3, 0.4) is 0 Å². The zero-order chi connectivity index (χ0) is 22.6. The van der Waals surface area contributed by atoms with Crippen molar-refractivity contribution in [3.05, 3.63) is 70.4 Å².